The molecule has 0 atom stereocenters. The van der Waals surface area contributed by atoms with E-state index in [0.29, 0.717) is 11.3 Å². The quantitative estimate of drug-likeness (QED) is 0.735. The minimum absolute atomic E-state index is 0.101. The molecule has 4 heteroatoms. The van der Waals surface area contributed by atoms with Gasteiger partial charge in [0.2, 0.25) is 0 Å². The zero-order valence-electron chi connectivity index (χ0n) is 8.40. The van der Waals surface area contributed by atoms with E-state index >= 15 is 0 Å². The molecule has 0 aliphatic carbocycles. The highest BCUT2D eigenvalue weighted by Gasteiger charge is 2.08. The summed E-state index contributed by atoms with van der Waals surface area (Å²) < 4.78 is 5.03. The van der Waals surface area contributed by atoms with Crippen LogP contribution in [0, 0.1) is 0 Å². The second kappa shape index (κ2) is 5.14. The van der Waals surface area contributed by atoms with Crippen LogP contribution in [-0.4, -0.2) is 24.5 Å². The van der Waals surface area contributed by atoms with Crippen molar-refractivity contribution in [3.63, 3.8) is 0 Å². The van der Waals surface area contributed by atoms with E-state index in [1.807, 2.05) is 0 Å². The van der Waals surface area contributed by atoms with Crippen molar-refractivity contribution in [2.24, 2.45) is 0 Å². The number of carbonyl (C=O) groups is 2. The fourth-order valence-corrected chi connectivity index (χ4v) is 1.36. The minimum atomic E-state index is -0.920. The first-order valence-electron chi connectivity index (χ1n) is 4.48. The maximum absolute atomic E-state index is 10.6. The van der Waals surface area contributed by atoms with E-state index in [1.54, 1.807) is 18.2 Å². The van der Waals surface area contributed by atoms with Gasteiger partial charge in [-0.05, 0) is 11.6 Å². The average Bonchev–Trinajstić information content (AvgIpc) is 2.18. The molecule has 0 bridgehead atoms. The lowest BCUT2D eigenvalue weighted by Crippen LogP contribution is -2.03. The molecule has 0 unspecified atom stereocenters. The van der Waals surface area contributed by atoms with Crippen LogP contribution in [0.15, 0.2) is 18.2 Å². The third kappa shape index (κ3) is 3.09. The molecule has 0 saturated heterocycles. The molecule has 0 amide bonds. The van der Waals surface area contributed by atoms with E-state index < -0.39 is 5.97 Å². The third-order valence-corrected chi connectivity index (χ3v) is 2.01. The molecule has 0 fully saturated rings. The highest BCUT2D eigenvalue weighted by molar-refractivity contribution is 5.71. The second-order valence-electron chi connectivity index (χ2n) is 3.09. The molecular formula is C11H12O4. The van der Waals surface area contributed by atoms with Gasteiger partial charge in [-0.1, -0.05) is 12.1 Å². The summed E-state index contributed by atoms with van der Waals surface area (Å²) in [5, 5.41) is 8.68. The number of carboxylic acid groups (broad SMARTS) is 1. The summed E-state index contributed by atoms with van der Waals surface area (Å²) in [7, 11) is 1.49. The summed E-state index contributed by atoms with van der Waals surface area (Å²) in [6.45, 7) is 0. The molecule has 15 heavy (non-hydrogen) atoms. The Balaban J connectivity index is 3.01. The predicted octanol–water partition coefficient (Wildman–Crippen LogP) is 1.06. The van der Waals surface area contributed by atoms with E-state index in [9.17, 15) is 9.59 Å². The van der Waals surface area contributed by atoms with Crippen LogP contribution in [0.2, 0.25) is 0 Å². The Morgan fingerprint density at radius 2 is 2.27 bits per heavy atom. The number of aldehydes is 1. The van der Waals surface area contributed by atoms with Gasteiger partial charge in [0.1, 0.15) is 12.0 Å². The van der Waals surface area contributed by atoms with Gasteiger partial charge in [-0.15, -0.1) is 0 Å². The fraction of sp³-hybridized carbons (Fsp3) is 0.273. The molecule has 80 valence electrons. The van der Waals surface area contributed by atoms with Crippen molar-refractivity contribution >= 4 is 12.3 Å². The van der Waals surface area contributed by atoms with Crippen LogP contribution in [-0.2, 0) is 22.4 Å². The summed E-state index contributed by atoms with van der Waals surface area (Å²) in [6.07, 6.45) is 0.971. The van der Waals surface area contributed by atoms with Crippen molar-refractivity contribution in [2.45, 2.75) is 12.8 Å². The molecule has 0 aliphatic heterocycles. The van der Waals surface area contributed by atoms with Crippen molar-refractivity contribution in [3.8, 4) is 5.75 Å². The Hall–Kier alpha value is -1.84. The normalized spacial score (nSPS) is 9.67. The number of hydrogen-bond acceptors (Lipinski definition) is 3. The van der Waals surface area contributed by atoms with Gasteiger partial charge in [-0.25, -0.2) is 0 Å². The van der Waals surface area contributed by atoms with Crippen LogP contribution in [0.5, 0.6) is 5.75 Å². The van der Waals surface area contributed by atoms with Crippen LogP contribution >= 0.6 is 0 Å². The maximum atomic E-state index is 10.6. The van der Waals surface area contributed by atoms with Crippen LogP contribution < -0.4 is 4.74 Å². The molecule has 0 radical (unpaired) electrons. The molecule has 0 spiro atoms. The third-order valence-electron chi connectivity index (χ3n) is 2.01. The van der Waals surface area contributed by atoms with Crippen molar-refractivity contribution in [1.82, 2.24) is 0 Å². The molecule has 1 N–H and O–H groups in total. The molecule has 1 rings (SSSR count). The summed E-state index contributed by atoms with van der Waals surface area (Å²) in [5.74, 6) is -0.386. The Bertz CT molecular complexity index is 371. The summed E-state index contributed by atoms with van der Waals surface area (Å²) in [6, 6.07) is 5.11. The van der Waals surface area contributed by atoms with Crippen molar-refractivity contribution in [3.05, 3.63) is 29.3 Å². The lowest BCUT2D eigenvalue weighted by molar-refractivity contribution is -0.136. The van der Waals surface area contributed by atoms with Gasteiger partial charge in [0.15, 0.2) is 0 Å². The number of carbonyl (C=O) groups excluding carboxylic acids is 1. The highest BCUT2D eigenvalue weighted by Crippen LogP contribution is 2.20. The summed E-state index contributed by atoms with van der Waals surface area (Å²) in [4.78, 5) is 20.9. The SMILES string of the molecule is COc1ccc(CC=O)cc1CC(=O)O. The molecule has 1 aromatic rings. The molecular weight excluding hydrogens is 196 g/mol. The first kappa shape index (κ1) is 11.2. The van der Waals surface area contributed by atoms with Gasteiger partial charge in [0.25, 0.3) is 0 Å². The number of methoxy groups -OCH3 is 1. The topological polar surface area (TPSA) is 63.6 Å². The maximum Gasteiger partial charge on any atom is 0.307 e. The van der Waals surface area contributed by atoms with Gasteiger partial charge in [-0.2, -0.15) is 0 Å². The Morgan fingerprint density at radius 3 is 2.80 bits per heavy atom. The average molecular weight is 208 g/mol. The minimum Gasteiger partial charge on any atom is -0.496 e. The molecule has 4 nitrogen and oxygen atoms in total. The van der Waals surface area contributed by atoms with E-state index in [-0.39, 0.29) is 12.8 Å². The molecule has 0 saturated carbocycles. The lowest BCUT2D eigenvalue weighted by Gasteiger charge is -2.07. The summed E-state index contributed by atoms with van der Waals surface area (Å²) in [5.41, 5.74) is 1.38. The smallest absolute Gasteiger partial charge is 0.307 e. The number of benzene rings is 1. The number of hydrogen-bond donors (Lipinski definition) is 1. The van der Waals surface area contributed by atoms with Gasteiger partial charge in [-0.3, -0.25) is 4.79 Å². The van der Waals surface area contributed by atoms with Gasteiger partial charge in [0, 0.05) is 12.0 Å². The Labute approximate surface area is 87.5 Å². The number of rotatable bonds is 5. The predicted molar refractivity (Wildman–Crippen MR) is 54.1 cm³/mol. The summed E-state index contributed by atoms with van der Waals surface area (Å²) >= 11 is 0. The first-order valence-corrected chi connectivity index (χ1v) is 4.48. The standard InChI is InChI=1S/C11H12O4/c1-15-10-3-2-8(4-5-12)6-9(10)7-11(13)14/h2-3,5-6H,4,7H2,1H3,(H,13,14). The molecule has 0 aromatic heterocycles. The van der Waals surface area contributed by atoms with Gasteiger partial charge in [0.05, 0.1) is 13.5 Å². The van der Waals surface area contributed by atoms with Crippen LogP contribution in [0.1, 0.15) is 11.1 Å². The van der Waals surface area contributed by atoms with Crippen molar-refractivity contribution in [1.29, 1.82) is 0 Å². The van der Waals surface area contributed by atoms with E-state index in [0.717, 1.165) is 11.8 Å². The van der Waals surface area contributed by atoms with E-state index in [2.05, 4.69) is 0 Å². The molecule has 0 aliphatic rings. The van der Waals surface area contributed by atoms with E-state index in [1.165, 1.54) is 7.11 Å². The largest absolute Gasteiger partial charge is 0.496 e. The van der Waals surface area contributed by atoms with Crippen molar-refractivity contribution < 1.29 is 19.4 Å². The van der Waals surface area contributed by atoms with Gasteiger partial charge >= 0.3 is 5.97 Å². The Morgan fingerprint density at radius 1 is 1.53 bits per heavy atom. The number of ether oxygens (including phenoxy) is 1. The fourth-order valence-electron chi connectivity index (χ4n) is 1.36. The molecule has 0 heterocycles. The van der Waals surface area contributed by atoms with Crippen LogP contribution in [0.3, 0.4) is 0 Å². The second-order valence-corrected chi connectivity index (χ2v) is 3.09. The zero-order valence-corrected chi connectivity index (χ0v) is 8.40. The molecule has 1 aromatic carbocycles. The number of aliphatic carboxylic acids is 1. The first-order chi connectivity index (χ1) is 7.17. The monoisotopic (exact) mass is 208 g/mol. The lowest BCUT2D eigenvalue weighted by atomic mass is 10.1. The highest BCUT2D eigenvalue weighted by atomic mass is 16.5. The Kier molecular flexibility index (Phi) is 3.85. The van der Waals surface area contributed by atoms with Crippen LogP contribution in [0.25, 0.3) is 0 Å². The van der Waals surface area contributed by atoms with E-state index in [4.69, 9.17) is 9.84 Å². The van der Waals surface area contributed by atoms with Crippen LogP contribution in [0.4, 0.5) is 0 Å². The zero-order chi connectivity index (χ0) is 11.3. The van der Waals surface area contributed by atoms with Gasteiger partial charge < -0.3 is 14.6 Å². The van der Waals surface area contributed by atoms with Crippen molar-refractivity contribution in [2.75, 3.05) is 7.11 Å². The number of carboxylic acids is 1.